The van der Waals surface area contributed by atoms with Crippen molar-refractivity contribution in [3.8, 4) is 0 Å². The van der Waals surface area contributed by atoms with E-state index in [9.17, 15) is 13.6 Å². The third kappa shape index (κ3) is 3.15. The monoisotopic (exact) mass is 243 g/mol. The second kappa shape index (κ2) is 5.61. The standard InChI is InChI=1S/C12H15F2NO2/c1-4-17-12(16)8(3)15-11-9(13)6-5-7(2)10(11)14/h5-6,8,15H,4H2,1-3H3. The van der Waals surface area contributed by atoms with Crippen LogP contribution in [0.1, 0.15) is 19.4 Å². The molecule has 0 fully saturated rings. The zero-order valence-electron chi connectivity index (χ0n) is 10.0. The van der Waals surface area contributed by atoms with E-state index in [1.807, 2.05) is 0 Å². The quantitative estimate of drug-likeness (QED) is 0.826. The van der Waals surface area contributed by atoms with E-state index < -0.39 is 23.6 Å². The predicted molar refractivity (Wildman–Crippen MR) is 60.8 cm³/mol. The van der Waals surface area contributed by atoms with Gasteiger partial charge in [0.15, 0.2) is 5.82 Å². The van der Waals surface area contributed by atoms with Gasteiger partial charge in [0.05, 0.1) is 6.61 Å². The van der Waals surface area contributed by atoms with Crippen molar-refractivity contribution >= 4 is 11.7 Å². The van der Waals surface area contributed by atoms with Gasteiger partial charge in [-0.15, -0.1) is 0 Å². The predicted octanol–water partition coefficient (Wildman–Crippen LogP) is 2.64. The first-order chi connectivity index (χ1) is 7.97. The minimum atomic E-state index is -0.805. The van der Waals surface area contributed by atoms with Gasteiger partial charge in [-0.2, -0.15) is 0 Å². The molecule has 1 atom stereocenters. The molecule has 0 amide bonds. The van der Waals surface area contributed by atoms with Gasteiger partial charge in [-0.05, 0) is 32.4 Å². The van der Waals surface area contributed by atoms with Gasteiger partial charge in [-0.25, -0.2) is 13.6 Å². The lowest BCUT2D eigenvalue weighted by atomic mass is 10.2. The maximum absolute atomic E-state index is 13.6. The molecule has 0 aliphatic heterocycles. The van der Waals surface area contributed by atoms with Gasteiger partial charge in [0.25, 0.3) is 0 Å². The highest BCUT2D eigenvalue weighted by Gasteiger charge is 2.18. The van der Waals surface area contributed by atoms with Gasteiger partial charge < -0.3 is 10.1 Å². The van der Waals surface area contributed by atoms with Crippen molar-refractivity contribution in [3.63, 3.8) is 0 Å². The first-order valence-electron chi connectivity index (χ1n) is 5.35. The Morgan fingerprint density at radius 3 is 2.71 bits per heavy atom. The zero-order valence-corrected chi connectivity index (χ0v) is 10.0. The summed E-state index contributed by atoms with van der Waals surface area (Å²) in [7, 11) is 0. The van der Waals surface area contributed by atoms with Crippen LogP contribution in [-0.2, 0) is 9.53 Å². The van der Waals surface area contributed by atoms with Gasteiger partial charge in [0.2, 0.25) is 0 Å². The summed E-state index contributed by atoms with van der Waals surface area (Å²) in [5, 5.41) is 2.48. The molecule has 1 aromatic rings. The smallest absolute Gasteiger partial charge is 0.328 e. The van der Waals surface area contributed by atoms with Crippen LogP contribution in [0.25, 0.3) is 0 Å². The molecular weight excluding hydrogens is 228 g/mol. The fourth-order valence-corrected chi connectivity index (χ4v) is 1.33. The first kappa shape index (κ1) is 13.4. The molecule has 1 unspecified atom stereocenters. The molecule has 0 radical (unpaired) electrons. The molecule has 0 spiro atoms. The fraction of sp³-hybridized carbons (Fsp3) is 0.417. The largest absolute Gasteiger partial charge is 0.464 e. The van der Waals surface area contributed by atoms with Crippen LogP contribution in [-0.4, -0.2) is 18.6 Å². The number of carbonyl (C=O) groups is 1. The number of hydrogen-bond acceptors (Lipinski definition) is 3. The van der Waals surface area contributed by atoms with Gasteiger partial charge in [0, 0.05) is 0 Å². The van der Waals surface area contributed by atoms with Crippen molar-refractivity contribution in [1.29, 1.82) is 0 Å². The second-order valence-corrected chi connectivity index (χ2v) is 3.67. The summed E-state index contributed by atoms with van der Waals surface area (Å²) in [5.41, 5.74) is 0.00973. The van der Waals surface area contributed by atoms with Crippen LogP contribution in [0.3, 0.4) is 0 Å². The number of halogens is 2. The van der Waals surface area contributed by atoms with Crippen molar-refractivity contribution in [2.75, 3.05) is 11.9 Å². The van der Waals surface area contributed by atoms with Gasteiger partial charge in [-0.1, -0.05) is 6.07 Å². The second-order valence-electron chi connectivity index (χ2n) is 3.67. The Morgan fingerprint density at radius 2 is 2.12 bits per heavy atom. The number of ether oxygens (including phenoxy) is 1. The molecule has 0 heterocycles. The van der Waals surface area contributed by atoms with E-state index in [-0.39, 0.29) is 12.3 Å². The number of anilines is 1. The molecule has 5 heteroatoms. The first-order valence-corrected chi connectivity index (χ1v) is 5.35. The molecule has 0 aliphatic rings. The summed E-state index contributed by atoms with van der Waals surface area (Å²) in [6.45, 7) is 4.90. The van der Waals surface area contributed by atoms with E-state index in [2.05, 4.69) is 5.32 Å². The average molecular weight is 243 g/mol. The molecule has 3 nitrogen and oxygen atoms in total. The lowest BCUT2D eigenvalue weighted by Crippen LogP contribution is -2.29. The highest BCUT2D eigenvalue weighted by atomic mass is 19.1. The van der Waals surface area contributed by atoms with Crippen LogP contribution in [0.5, 0.6) is 0 Å². The zero-order chi connectivity index (χ0) is 13.0. The van der Waals surface area contributed by atoms with Crippen molar-refractivity contribution in [3.05, 3.63) is 29.3 Å². The van der Waals surface area contributed by atoms with E-state index in [0.717, 1.165) is 6.07 Å². The molecule has 1 aromatic carbocycles. The van der Waals surface area contributed by atoms with Crippen molar-refractivity contribution in [2.45, 2.75) is 26.8 Å². The number of carbonyl (C=O) groups excluding carboxylic acids is 1. The normalized spacial score (nSPS) is 12.1. The maximum Gasteiger partial charge on any atom is 0.328 e. The number of hydrogen-bond donors (Lipinski definition) is 1. The van der Waals surface area contributed by atoms with Crippen LogP contribution >= 0.6 is 0 Å². The Hall–Kier alpha value is -1.65. The van der Waals surface area contributed by atoms with Crippen molar-refractivity contribution < 1.29 is 18.3 Å². The van der Waals surface area contributed by atoms with Crippen molar-refractivity contribution in [1.82, 2.24) is 0 Å². The SMILES string of the molecule is CCOC(=O)C(C)Nc1c(F)ccc(C)c1F. The van der Waals surface area contributed by atoms with Crippen LogP contribution in [0.2, 0.25) is 0 Å². The molecule has 1 N–H and O–H groups in total. The third-order valence-electron chi connectivity index (χ3n) is 2.29. The third-order valence-corrected chi connectivity index (χ3v) is 2.29. The molecule has 1 rings (SSSR count). The average Bonchev–Trinajstić information content (AvgIpc) is 2.29. The Kier molecular flexibility index (Phi) is 4.43. The lowest BCUT2D eigenvalue weighted by Gasteiger charge is -2.15. The summed E-state index contributed by atoms with van der Waals surface area (Å²) < 4.78 is 31.7. The summed E-state index contributed by atoms with van der Waals surface area (Å²) in [6, 6.07) is 1.68. The summed E-state index contributed by atoms with van der Waals surface area (Å²) in [6.07, 6.45) is 0. The Morgan fingerprint density at radius 1 is 1.47 bits per heavy atom. The summed E-state index contributed by atoms with van der Waals surface area (Å²) >= 11 is 0. The highest BCUT2D eigenvalue weighted by Crippen LogP contribution is 2.22. The summed E-state index contributed by atoms with van der Waals surface area (Å²) in [5.74, 6) is -1.97. The Bertz CT molecular complexity index is 421. The van der Waals surface area contributed by atoms with Gasteiger partial charge in [-0.3, -0.25) is 0 Å². The molecule has 0 aliphatic carbocycles. The molecule has 17 heavy (non-hydrogen) atoms. The van der Waals surface area contributed by atoms with Gasteiger partial charge in [0.1, 0.15) is 17.5 Å². The Balaban J connectivity index is 2.88. The van der Waals surface area contributed by atoms with E-state index in [1.165, 1.54) is 19.9 Å². The number of benzene rings is 1. The fourth-order valence-electron chi connectivity index (χ4n) is 1.33. The maximum atomic E-state index is 13.6. The van der Waals surface area contributed by atoms with Crippen LogP contribution < -0.4 is 5.32 Å². The number of nitrogens with one attached hydrogen (secondary N) is 1. The Labute approximate surface area is 98.8 Å². The van der Waals surface area contributed by atoms with E-state index >= 15 is 0 Å². The molecule has 0 bridgehead atoms. The van der Waals surface area contributed by atoms with Crippen LogP contribution in [0, 0.1) is 18.6 Å². The molecular formula is C12H15F2NO2. The lowest BCUT2D eigenvalue weighted by molar-refractivity contribution is -0.143. The summed E-state index contributed by atoms with van der Waals surface area (Å²) in [4.78, 5) is 11.3. The van der Waals surface area contributed by atoms with Crippen LogP contribution in [0.15, 0.2) is 12.1 Å². The van der Waals surface area contributed by atoms with Crippen molar-refractivity contribution in [2.24, 2.45) is 0 Å². The van der Waals surface area contributed by atoms with E-state index in [4.69, 9.17) is 4.74 Å². The molecule has 0 saturated carbocycles. The topological polar surface area (TPSA) is 38.3 Å². The van der Waals surface area contributed by atoms with Gasteiger partial charge >= 0.3 is 5.97 Å². The van der Waals surface area contributed by atoms with E-state index in [1.54, 1.807) is 6.92 Å². The molecule has 0 saturated heterocycles. The number of rotatable bonds is 4. The minimum Gasteiger partial charge on any atom is -0.464 e. The molecule has 0 aromatic heterocycles. The van der Waals surface area contributed by atoms with E-state index in [0.29, 0.717) is 5.56 Å². The highest BCUT2D eigenvalue weighted by molar-refractivity contribution is 5.79. The number of esters is 1. The number of aryl methyl sites for hydroxylation is 1. The minimum absolute atomic E-state index is 0.226. The van der Waals surface area contributed by atoms with Crippen LogP contribution in [0.4, 0.5) is 14.5 Å². The molecule has 94 valence electrons.